The fraction of sp³-hybridized carbons (Fsp3) is 0.947. The van der Waals surface area contributed by atoms with Gasteiger partial charge in [0.2, 0.25) is 0 Å². The van der Waals surface area contributed by atoms with Gasteiger partial charge in [-0.1, -0.05) is 149 Å². The van der Waals surface area contributed by atoms with Gasteiger partial charge in [-0.2, -0.15) is 0 Å². The molecule has 4 N–H and O–H groups in total. The number of rotatable bonds is 32. The average Bonchev–Trinajstić information content (AvgIpc) is 3.08. The first kappa shape index (κ1) is 44.7. The second kappa shape index (κ2) is 30.5. The van der Waals surface area contributed by atoms with E-state index in [1.54, 1.807) is 0 Å². The van der Waals surface area contributed by atoms with Crippen LogP contribution < -0.4 is 0 Å². The van der Waals surface area contributed by atoms with Crippen LogP contribution in [0, 0.1) is 0 Å². The SMILES string of the molecule is CCCCCCCCCCCCCCCCC(=O)OC[C@@H](CO[C@H]1O[C@@H](CO)[C@@H](O)C(O)C1O)OC(=O)CCCCCCCCCCC. The number of aliphatic hydroxyl groups is 4. The lowest BCUT2D eigenvalue weighted by atomic mass is 9.99. The third kappa shape index (κ3) is 22.4. The summed E-state index contributed by atoms with van der Waals surface area (Å²) in [4.78, 5) is 25.1. The molecule has 0 amide bonds. The average molecular weight is 689 g/mol. The van der Waals surface area contributed by atoms with Crippen LogP contribution in [0.1, 0.15) is 174 Å². The number of carbonyl (C=O) groups is 2. The first-order valence-electron chi connectivity index (χ1n) is 19.6. The first-order chi connectivity index (χ1) is 23.3. The Morgan fingerprint density at radius 2 is 0.979 bits per heavy atom. The van der Waals surface area contributed by atoms with Crippen LogP contribution in [0.2, 0.25) is 0 Å². The van der Waals surface area contributed by atoms with E-state index in [1.165, 1.54) is 103 Å². The zero-order valence-electron chi connectivity index (χ0n) is 30.5. The van der Waals surface area contributed by atoms with Gasteiger partial charge in [0.15, 0.2) is 12.4 Å². The minimum Gasteiger partial charge on any atom is -0.462 e. The van der Waals surface area contributed by atoms with Gasteiger partial charge in [0, 0.05) is 12.8 Å². The van der Waals surface area contributed by atoms with Crippen molar-refractivity contribution in [2.75, 3.05) is 19.8 Å². The van der Waals surface area contributed by atoms with Gasteiger partial charge >= 0.3 is 11.9 Å². The van der Waals surface area contributed by atoms with Crippen molar-refractivity contribution in [1.82, 2.24) is 0 Å². The molecule has 1 aliphatic rings. The van der Waals surface area contributed by atoms with Crippen LogP contribution in [-0.2, 0) is 28.5 Å². The van der Waals surface area contributed by atoms with Gasteiger partial charge in [-0.3, -0.25) is 9.59 Å². The number of ether oxygens (including phenoxy) is 4. The van der Waals surface area contributed by atoms with Crippen molar-refractivity contribution >= 4 is 11.9 Å². The summed E-state index contributed by atoms with van der Waals surface area (Å²) in [5, 5.41) is 39.8. The predicted molar refractivity (Wildman–Crippen MR) is 187 cm³/mol. The molecule has 48 heavy (non-hydrogen) atoms. The van der Waals surface area contributed by atoms with Crippen molar-refractivity contribution in [2.24, 2.45) is 0 Å². The van der Waals surface area contributed by atoms with E-state index in [0.29, 0.717) is 6.42 Å². The van der Waals surface area contributed by atoms with E-state index in [4.69, 9.17) is 18.9 Å². The monoisotopic (exact) mass is 689 g/mol. The summed E-state index contributed by atoms with van der Waals surface area (Å²) in [7, 11) is 0. The molecule has 1 fully saturated rings. The van der Waals surface area contributed by atoms with Gasteiger partial charge in [-0.25, -0.2) is 0 Å². The Bertz CT molecular complexity index is 764. The van der Waals surface area contributed by atoms with Gasteiger partial charge in [0.1, 0.15) is 31.0 Å². The van der Waals surface area contributed by atoms with E-state index in [0.717, 1.165) is 38.5 Å². The Labute approximate surface area is 291 Å². The molecule has 0 aromatic rings. The second-order valence-electron chi connectivity index (χ2n) is 13.8. The second-order valence-corrected chi connectivity index (χ2v) is 13.8. The maximum atomic E-state index is 12.6. The molecule has 1 aliphatic heterocycles. The molecule has 0 spiro atoms. The van der Waals surface area contributed by atoms with Gasteiger partial charge in [-0.05, 0) is 12.8 Å². The van der Waals surface area contributed by atoms with Gasteiger partial charge in [-0.15, -0.1) is 0 Å². The number of esters is 2. The van der Waals surface area contributed by atoms with E-state index in [9.17, 15) is 30.0 Å². The smallest absolute Gasteiger partial charge is 0.306 e. The standard InChI is InChI=1S/C38H72O10/c1-3-5-7-9-11-13-14-15-16-17-19-20-22-24-26-33(40)45-29-31(30-46-38-37(44)36(43)35(42)32(28-39)48-38)47-34(41)27-25-23-21-18-12-10-8-6-4-2/h31-32,35-39,42-44H,3-30H2,1-2H3/t31-,32-,35+,36?,37?,38-/m0/s1. The van der Waals surface area contributed by atoms with Crippen LogP contribution in [0.4, 0.5) is 0 Å². The molecule has 0 aromatic carbocycles. The first-order valence-corrected chi connectivity index (χ1v) is 19.6. The molecule has 0 radical (unpaired) electrons. The molecule has 10 heteroatoms. The Morgan fingerprint density at radius 3 is 1.42 bits per heavy atom. The molecular formula is C38H72O10. The highest BCUT2D eigenvalue weighted by molar-refractivity contribution is 5.70. The molecule has 0 saturated carbocycles. The topological polar surface area (TPSA) is 152 Å². The predicted octanol–water partition coefficient (Wildman–Crippen LogP) is 7.05. The zero-order chi connectivity index (χ0) is 35.2. The molecule has 0 bridgehead atoms. The minimum absolute atomic E-state index is 0.210. The van der Waals surface area contributed by atoms with E-state index >= 15 is 0 Å². The van der Waals surface area contributed by atoms with Crippen molar-refractivity contribution in [1.29, 1.82) is 0 Å². The van der Waals surface area contributed by atoms with Gasteiger partial charge < -0.3 is 39.4 Å². The van der Waals surface area contributed by atoms with E-state index in [2.05, 4.69) is 13.8 Å². The molecule has 284 valence electrons. The Balaban J connectivity index is 2.36. The summed E-state index contributed by atoms with van der Waals surface area (Å²) in [5.74, 6) is -0.801. The van der Waals surface area contributed by atoms with Crippen LogP contribution in [0.15, 0.2) is 0 Å². The molecule has 6 atom stereocenters. The number of hydrogen-bond donors (Lipinski definition) is 4. The highest BCUT2D eigenvalue weighted by Gasteiger charge is 2.44. The lowest BCUT2D eigenvalue weighted by molar-refractivity contribution is -0.305. The summed E-state index contributed by atoms with van der Waals surface area (Å²) in [6.07, 6.45) is 19.8. The molecule has 1 heterocycles. The number of carbonyl (C=O) groups excluding carboxylic acids is 2. The van der Waals surface area contributed by atoms with Crippen LogP contribution in [0.3, 0.4) is 0 Å². The number of aliphatic hydroxyl groups excluding tert-OH is 4. The Morgan fingerprint density at radius 1 is 0.562 bits per heavy atom. The normalized spacial score (nSPS) is 21.7. The van der Waals surface area contributed by atoms with Crippen molar-refractivity contribution in [3.8, 4) is 0 Å². The van der Waals surface area contributed by atoms with E-state index in [-0.39, 0.29) is 32.0 Å². The van der Waals surface area contributed by atoms with Crippen LogP contribution in [0.25, 0.3) is 0 Å². The highest BCUT2D eigenvalue weighted by atomic mass is 16.7. The fourth-order valence-corrected chi connectivity index (χ4v) is 6.07. The lowest BCUT2D eigenvalue weighted by Crippen LogP contribution is -2.59. The maximum Gasteiger partial charge on any atom is 0.306 e. The minimum atomic E-state index is -1.59. The summed E-state index contributed by atoms with van der Waals surface area (Å²) < 4.78 is 22.0. The van der Waals surface area contributed by atoms with Crippen molar-refractivity contribution in [3.05, 3.63) is 0 Å². The summed E-state index contributed by atoms with van der Waals surface area (Å²) in [6, 6.07) is 0. The summed E-state index contributed by atoms with van der Waals surface area (Å²) >= 11 is 0. The molecule has 1 rings (SSSR count). The van der Waals surface area contributed by atoms with E-state index in [1.807, 2.05) is 0 Å². The number of unbranched alkanes of at least 4 members (excludes halogenated alkanes) is 21. The van der Waals surface area contributed by atoms with Gasteiger partial charge in [0.05, 0.1) is 13.2 Å². The zero-order valence-corrected chi connectivity index (χ0v) is 30.5. The molecule has 10 nitrogen and oxygen atoms in total. The molecule has 2 unspecified atom stereocenters. The quantitative estimate of drug-likeness (QED) is 0.0427. The highest BCUT2D eigenvalue weighted by Crippen LogP contribution is 2.22. The largest absolute Gasteiger partial charge is 0.462 e. The van der Waals surface area contributed by atoms with Crippen LogP contribution in [0.5, 0.6) is 0 Å². The Kier molecular flexibility index (Phi) is 28.4. The molecule has 0 aliphatic carbocycles. The molecular weight excluding hydrogens is 616 g/mol. The van der Waals surface area contributed by atoms with Crippen molar-refractivity contribution in [3.63, 3.8) is 0 Å². The van der Waals surface area contributed by atoms with Crippen LogP contribution >= 0.6 is 0 Å². The lowest BCUT2D eigenvalue weighted by Gasteiger charge is -2.39. The van der Waals surface area contributed by atoms with Crippen molar-refractivity contribution in [2.45, 2.75) is 211 Å². The van der Waals surface area contributed by atoms with Gasteiger partial charge in [0.25, 0.3) is 0 Å². The van der Waals surface area contributed by atoms with Crippen molar-refractivity contribution < 1.29 is 49.0 Å². The third-order valence-electron chi connectivity index (χ3n) is 9.24. The number of hydrogen-bond acceptors (Lipinski definition) is 10. The molecule has 0 aromatic heterocycles. The fourth-order valence-electron chi connectivity index (χ4n) is 6.07. The third-order valence-corrected chi connectivity index (χ3v) is 9.24. The summed E-state index contributed by atoms with van der Waals surface area (Å²) in [6.45, 7) is 3.39. The summed E-state index contributed by atoms with van der Waals surface area (Å²) in [5.41, 5.74) is 0. The maximum absolute atomic E-state index is 12.6. The van der Waals surface area contributed by atoms with Crippen LogP contribution in [-0.4, -0.2) is 89.0 Å². The molecule has 1 saturated heterocycles. The Hall–Kier alpha value is -1.30. The van der Waals surface area contributed by atoms with E-state index < -0.39 is 49.4 Å².